The van der Waals surface area contributed by atoms with Crippen molar-refractivity contribution in [3.05, 3.63) is 72.3 Å². The van der Waals surface area contributed by atoms with Gasteiger partial charge in [-0.1, -0.05) is 43.0 Å². The van der Waals surface area contributed by atoms with E-state index >= 15 is 0 Å². The van der Waals surface area contributed by atoms with Gasteiger partial charge in [-0.05, 0) is 48.6 Å². The van der Waals surface area contributed by atoms with Gasteiger partial charge in [-0.3, -0.25) is 13.9 Å². The quantitative estimate of drug-likeness (QED) is 0.492. The third-order valence-electron chi connectivity index (χ3n) is 6.07. The normalized spacial score (nSPS) is 22.5. The molecule has 1 spiro atoms. The minimum Gasteiger partial charge on any atom is -0.465 e. The first kappa shape index (κ1) is 23.0. The van der Waals surface area contributed by atoms with E-state index in [0.29, 0.717) is 30.5 Å². The second-order valence-corrected chi connectivity index (χ2v) is 10.4. The van der Waals surface area contributed by atoms with Crippen molar-refractivity contribution in [1.29, 1.82) is 0 Å². The van der Waals surface area contributed by atoms with Crippen molar-refractivity contribution in [3.8, 4) is 0 Å². The highest BCUT2D eigenvalue weighted by Crippen LogP contribution is 2.46. The number of anilines is 1. The van der Waals surface area contributed by atoms with Crippen LogP contribution in [-0.2, 0) is 34.5 Å². The smallest absolute Gasteiger partial charge is 0.306 e. The number of para-hydroxylation sites is 1. The van der Waals surface area contributed by atoms with E-state index in [1.807, 2.05) is 12.1 Å². The molecule has 2 heterocycles. The molecular weight excluding hydrogens is 442 g/mol. The summed E-state index contributed by atoms with van der Waals surface area (Å²) in [6.45, 7) is 4.21. The lowest BCUT2D eigenvalue weighted by Gasteiger charge is -2.31. The van der Waals surface area contributed by atoms with Crippen LogP contribution in [0, 0.1) is 0 Å². The molecule has 0 aliphatic carbocycles. The number of cyclic esters (lactones) is 2. The van der Waals surface area contributed by atoms with Gasteiger partial charge in [-0.15, -0.1) is 0 Å². The second-order valence-electron chi connectivity index (χ2n) is 8.58. The maximum atomic E-state index is 13.6. The lowest BCUT2D eigenvalue weighted by atomic mass is 9.78. The van der Waals surface area contributed by atoms with Crippen LogP contribution in [0.2, 0.25) is 0 Å². The lowest BCUT2D eigenvalue weighted by molar-refractivity contribution is -0.146. The Bertz CT molecular complexity index is 1160. The Balaban J connectivity index is 1.74. The van der Waals surface area contributed by atoms with Gasteiger partial charge in [0.25, 0.3) is 10.0 Å². The van der Waals surface area contributed by atoms with Crippen LogP contribution in [0.15, 0.2) is 71.6 Å². The van der Waals surface area contributed by atoms with Gasteiger partial charge in [-0.25, -0.2) is 8.42 Å². The van der Waals surface area contributed by atoms with E-state index in [1.165, 1.54) is 4.31 Å². The predicted octanol–water partition coefficient (Wildman–Crippen LogP) is 3.74. The highest BCUT2D eigenvalue weighted by Gasteiger charge is 2.48. The molecule has 0 saturated carbocycles. The second kappa shape index (κ2) is 9.39. The van der Waals surface area contributed by atoms with E-state index in [1.54, 1.807) is 42.5 Å². The summed E-state index contributed by atoms with van der Waals surface area (Å²) in [5, 5.41) is 0. The molecule has 174 valence electrons. The lowest BCUT2D eigenvalue weighted by Crippen LogP contribution is -2.41. The first-order valence-corrected chi connectivity index (χ1v) is 12.4. The van der Waals surface area contributed by atoms with Crippen molar-refractivity contribution >= 4 is 27.6 Å². The Kier molecular flexibility index (Phi) is 6.56. The third-order valence-corrected chi connectivity index (χ3v) is 7.84. The largest absolute Gasteiger partial charge is 0.465 e. The molecule has 0 aromatic heterocycles. The molecule has 1 unspecified atom stereocenters. The van der Waals surface area contributed by atoms with Crippen LogP contribution in [0.25, 0.3) is 0 Å². The van der Waals surface area contributed by atoms with E-state index in [4.69, 9.17) is 9.47 Å². The number of hydrogen-bond acceptors (Lipinski definition) is 6. The summed E-state index contributed by atoms with van der Waals surface area (Å²) in [6, 6.07) is 15.5. The number of fused-ring (bicyclic) bond motifs is 2. The molecule has 0 amide bonds. The van der Waals surface area contributed by atoms with Gasteiger partial charge in [0.2, 0.25) is 0 Å². The van der Waals surface area contributed by atoms with Crippen LogP contribution in [-0.4, -0.2) is 40.1 Å². The van der Waals surface area contributed by atoms with E-state index in [-0.39, 0.29) is 49.4 Å². The Hall–Kier alpha value is -3.13. The van der Waals surface area contributed by atoms with Crippen LogP contribution in [0.5, 0.6) is 0 Å². The van der Waals surface area contributed by atoms with Crippen LogP contribution in [0.1, 0.15) is 37.7 Å². The highest BCUT2D eigenvalue weighted by atomic mass is 32.2. The fourth-order valence-corrected chi connectivity index (χ4v) is 6.05. The minimum absolute atomic E-state index is 0.0105. The highest BCUT2D eigenvalue weighted by molar-refractivity contribution is 7.92. The Labute approximate surface area is 194 Å². The molecule has 1 fully saturated rings. The molecule has 4 rings (SSSR count). The number of rotatable bonds is 2. The number of carbonyl (C=O) groups is 2. The van der Waals surface area contributed by atoms with E-state index in [9.17, 15) is 18.0 Å². The average molecular weight is 470 g/mol. The number of hydrogen-bond donors (Lipinski definition) is 0. The van der Waals surface area contributed by atoms with Crippen LogP contribution >= 0.6 is 0 Å². The number of carbonyl (C=O) groups excluding carboxylic acids is 2. The predicted molar refractivity (Wildman–Crippen MR) is 123 cm³/mol. The maximum absolute atomic E-state index is 13.6. The zero-order valence-corrected chi connectivity index (χ0v) is 19.2. The topological polar surface area (TPSA) is 90.0 Å². The summed E-state index contributed by atoms with van der Waals surface area (Å²) in [5.74, 6) is -0.702. The van der Waals surface area contributed by atoms with Crippen molar-refractivity contribution in [2.24, 2.45) is 0 Å². The van der Waals surface area contributed by atoms with Crippen molar-refractivity contribution in [2.45, 2.75) is 42.4 Å². The van der Waals surface area contributed by atoms with E-state index < -0.39 is 15.4 Å². The van der Waals surface area contributed by atoms with Gasteiger partial charge in [0.1, 0.15) is 13.2 Å². The fourth-order valence-electron chi connectivity index (χ4n) is 4.46. The van der Waals surface area contributed by atoms with Gasteiger partial charge in [0.15, 0.2) is 0 Å². The number of esters is 2. The number of benzene rings is 2. The average Bonchev–Trinajstić information content (AvgIpc) is 3.15. The Morgan fingerprint density at radius 1 is 0.879 bits per heavy atom. The standard InChI is InChI=1S/C25H27NO6S/c1-19-15-25(18-32-24(28)14-8-7-13-23(27)31-16-19)17-26(22-12-6-5-11-21(22)25)33(29,30)20-9-3-2-4-10-20/h2-6,9-12H,1,7-8,13-18H2. The van der Waals surface area contributed by atoms with Crippen molar-refractivity contribution < 1.29 is 27.5 Å². The molecule has 2 aliphatic rings. The number of sulfonamides is 1. The fraction of sp³-hybridized carbons (Fsp3) is 0.360. The Morgan fingerprint density at radius 3 is 2.24 bits per heavy atom. The molecule has 33 heavy (non-hydrogen) atoms. The summed E-state index contributed by atoms with van der Waals surface area (Å²) >= 11 is 0. The van der Waals surface area contributed by atoms with E-state index in [2.05, 4.69) is 6.58 Å². The monoisotopic (exact) mass is 469 g/mol. The first-order valence-electron chi connectivity index (χ1n) is 11.0. The van der Waals surface area contributed by atoms with Gasteiger partial charge in [0.05, 0.1) is 16.0 Å². The number of nitrogens with zero attached hydrogens (tertiary/aromatic N) is 1. The Morgan fingerprint density at radius 2 is 1.52 bits per heavy atom. The van der Waals surface area contributed by atoms with Crippen molar-refractivity contribution in [2.75, 3.05) is 24.1 Å². The van der Waals surface area contributed by atoms with Crippen LogP contribution < -0.4 is 4.31 Å². The third kappa shape index (κ3) is 4.80. The molecule has 8 heteroatoms. The first-order chi connectivity index (χ1) is 15.8. The van der Waals surface area contributed by atoms with Gasteiger partial charge >= 0.3 is 11.9 Å². The molecule has 0 radical (unpaired) electrons. The summed E-state index contributed by atoms with van der Waals surface area (Å²) in [7, 11) is -3.85. The molecule has 0 N–H and O–H groups in total. The number of ether oxygens (including phenoxy) is 2. The summed E-state index contributed by atoms with van der Waals surface area (Å²) in [5.41, 5.74) is 1.10. The summed E-state index contributed by atoms with van der Waals surface area (Å²) < 4.78 is 39.5. The molecule has 2 aromatic carbocycles. The molecular formula is C25H27NO6S. The van der Waals surface area contributed by atoms with Crippen LogP contribution in [0.3, 0.4) is 0 Å². The molecule has 2 aliphatic heterocycles. The van der Waals surface area contributed by atoms with Gasteiger partial charge in [-0.2, -0.15) is 0 Å². The molecule has 1 atom stereocenters. The maximum Gasteiger partial charge on any atom is 0.306 e. The molecule has 1 saturated heterocycles. The molecule has 7 nitrogen and oxygen atoms in total. The van der Waals surface area contributed by atoms with Gasteiger partial charge < -0.3 is 9.47 Å². The zero-order chi connectivity index (χ0) is 23.5. The molecule has 0 bridgehead atoms. The summed E-state index contributed by atoms with van der Waals surface area (Å²) in [6.07, 6.45) is 1.80. The minimum atomic E-state index is -3.85. The summed E-state index contributed by atoms with van der Waals surface area (Å²) in [4.78, 5) is 24.6. The van der Waals surface area contributed by atoms with E-state index in [0.717, 1.165) is 5.56 Å². The molecule has 2 aromatic rings. The van der Waals surface area contributed by atoms with Crippen molar-refractivity contribution in [3.63, 3.8) is 0 Å². The van der Waals surface area contributed by atoms with Gasteiger partial charge in [0, 0.05) is 19.4 Å². The SMILES string of the molecule is C=C1COC(=O)CCCCC(=O)OCC2(C1)CN(S(=O)(=O)c1ccccc1)c1ccccc12. The van der Waals surface area contributed by atoms with Crippen LogP contribution in [0.4, 0.5) is 5.69 Å². The zero-order valence-electron chi connectivity index (χ0n) is 18.4. The van der Waals surface area contributed by atoms with Crippen molar-refractivity contribution in [1.82, 2.24) is 0 Å².